The van der Waals surface area contributed by atoms with Gasteiger partial charge in [0.2, 0.25) is 5.95 Å². The maximum atomic E-state index is 14.1. The van der Waals surface area contributed by atoms with Gasteiger partial charge in [-0.05, 0) is 61.0 Å². The molecule has 36 heavy (non-hydrogen) atoms. The van der Waals surface area contributed by atoms with Gasteiger partial charge in [-0.25, -0.2) is 23.5 Å². The Morgan fingerprint density at radius 3 is 2.56 bits per heavy atom. The topological polar surface area (TPSA) is 82.2 Å². The minimum atomic E-state index is -4.81. The van der Waals surface area contributed by atoms with Crippen LogP contribution < -0.4 is 16.0 Å². The molecule has 2 heterocycles. The second-order valence-electron chi connectivity index (χ2n) is 8.27. The lowest BCUT2D eigenvalue weighted by molar-refractivity contribution is -0.140. The summed E-state index contributed by atoms with van der Waals surface area (Å²) in [7, 11) is 1.61. The average molecular weight is 506 g/mol. The normalized spacial score (nSPS) is 14.2. The molecule has 0 spiro atoms. The van der Waals surface area contributed by atoms with Gasteiger partial charge in [0.15, 0.2) is 0 Å². The molecule has 0 radical (unpaired) electrons. The van der Waals surface area contributed by atoms with Gasteiger partial charge in [0.25, 0.3) is 0 Å². The Balaban J connectivity index is 1.46. The number of hydrogen-bond acceptors (Lipinski definition) is 5. The largest absolute Gasteiger partial charge is 0.419 e. The summed E-state index contributed by atoms with van der Waals surface area (Å²) < 4.78 is 66.0. The second-order valence-corrected chi connectivity index (χ2v) is 8.27. The van der Waals surface area contributed by atoms with E-state index in [0.29, 0.717) is 30.4 Å². The molecule has 0 unspecified atom stereocenters. The number of benzene rings is 2. The van der Waals surface area contributed by atoms with Crippen molar-refractivity contribution in [3.8, 4) is 0 Å². The Hall–Kier alpha value is -3.80. The van der Waals surface area contributed by atoms with Gasteiger partial charge >= 0.3 is 12.2 Å². The lowest BCUT2D eigenvalue weighted by Gasteiger charge is -2.30. The summed E-state index contributed by atoms with van der Waals surface area (Å²) in [5.74, 6) is -1.49. The van der Waals surface area contributed by atoms with Crippen molar-refractivity contribution >= 4 is 17.7 Å². The molecule has 0 bridgehead atoms. The van der Waals surface area contributed by atoms with E-state index in [9.17, 15) is 26.7 Å². The van der Waals surface area contributed by atoms with Crippen molar-refractivity contribution < 1.29 is 26.7 Å². The molecule has 1 aromatic heterocycles. The van der Waals surface area contributed by atoms with Crippen molar-refractivity contribution in [1.29, 1.82) is 0 Å². The van der Waals surface area contributed by atoms with E-state index in [0.717, 1.165) is 17.7 Å². The first-order valence-corrected chi connectivity index (χ1v) is 11.1. The first-order valence-electron chi connectivity index (χ1n) is 11.1. The lowest BCUT2D eigenvalue weighted by atomic mass is 10.0. The fourth-order valence-corrected chi connectivity index (χ4v) is 3.87. The van der Waals surface area contributed by atoms with Crippen LogP contribution in [0.2, 0.25) is 0 Å². The van der Waals surface area contributed by atoms with Crippen LogP contribution in [0.5, 0.6) is 0 Å². The van der Waals surface area contributed by atoms with Crippen LogP contribution in [0.3, 0.4) is 0 Å². The molecule has 1 aliphatic heterocycles. The van der Waals surface area contributed by atoms with Crippen molar-refractivity contribution in [3.05, 3.63) is 82.7 Å². The van der Waals surface area contributed by atoms with E-state index in [-0.39, 0.29) is 30.4 Å². The highest BCUT2D eigenvalue weighted by Crippen LogP contribution is 2.32. The highest BCUT2D eigenvalue weighted by Gasteiger charge is 2.34. The van der Waals surface area contributed by atoms with Gasteiger partial charge in [-0.15, -0.1) is 0 Å². The molecule has 0 saturated heterocycles. The maximum absolute atomic E-state index is 14.1. The minimum Gasteiger partial charge on any atom is -0.330 e. The molecule has 7 nitrogen and oxygen atoms in total. The molecule has 0 saturated carbocycles. The first kappa shape index (κ1) is 25.3. The summed E-state index contributed by atoms with van der Waals surface area (Å²) in [6, 6.07) is 7.08. The molecule has 1 aliphatic rings. The third-order valence-corrected chi connectivity index (χ3v) is 5.74. The van der Waals surface area contributed by atoms with Crippen molar-refractivity contribution in [2.24, 2.45) is 0 Å². The molecule has 1 atom stereocenters. The zero-order valence-electron chi connectivity index (χ0n) is 19.2. The number of alkyl halides is 3. The summed E-state index contributed by atoms with van der Waals surface area (Å²) >= 11 is 0. The third kappa shape index (κ3) is 5.88. The van der Waals surface area contributed by atoms with Gasteiger partial charge in [-0.2, -0.15) is 13.2 Å². The summed E-state index contributed by atoms with van der Waals surface area (Å²) in [5, 5.41) is 8.60. The molecule has 2 aromatic carbocycles. The average Bonchev–Trinajstić information content (AvgIpc) is 2.84. The van der Waals surface area contributed by atoms with Gasteiger partial charge in [-0.3, -0.25) is 0 Å². The fraction of sp³-hybridized carbons (Fsp3) is 0.292. The number of urea groups is 1. The van der Waals surface area contributed by atoms with E-state index in [1.165, 1.54) is 17.0 Å². The van der Waals surface area contributed by atoms with E-state index < -0.39 is 29.6 Å². The van der Waals surface area contributed by atoms with Crippen LogP contribution in [-0.2, 0) is 19.1 Å². The highest BCUT2D eigenvalue weighted by molar-refractivity contribution is 5.75. The van der Waals surface area contributed by atoms with Crippen molar-refractivity contribution in [3.63, 3.8) is 0 Å². The van der Waals surface area contributed by atoms with E-state index in [1.807, 2.05) is 0 Å². The number of carbonyl (C=O) groups excluding carboxylic acids is 1. The van der Waals surface area contributed by atoms with E-state index in [4.69, 9.17) is 0 Å². The standard InChI is InChI=1S/C24H23F5N6O/c1-30-12-20(14-2-7-18(19(26)10-14)24(27,28)29)34-23(36)35-9-8-15-11-31-22(33-21(15)13-35)32-17-5-3-16(25)4-6-17/h2-7,10-11,20,30H,8-9,12-13H2,1H3,(H,34,36)(H,31,32,33)/t20-/m1/s1. The van der Waals surface area contributed by atoms with Gasteiger partial charge in [0.1, 0.15) is 11.6 Å². The minimum absolute atomic E-state index is 0.175. The second kappa shape index (κ2) is 10.4. The summed E-state index contributed by atoms with van der Waals surface area (Å²) in [4.78, 5) is 23.3. The number of nitrogens with one attached hydrogen (secondary N) is 3. The highest BCUT2D eigenvalue weighted by atomic mass is 19.4. The molecule has 4 rings (SSSR count). The Kier molecular flexibility index (Phi) is 7.34. The Labute approximate surface area is 203 Å². The Morgan fingerprint density at radius 1 is 1.14 bits per heavy atom. The van der Waals surface area contributed by atoms with Gasteiger partial charge in [-0.1, -0.05) is 6.07 Å². The molecule has 190 valence electrons. The lowest BCUT2D eigenvalue weighted by Crippen LogP contribution is -2.46. The number of halogens is 5. The molecule has 0 aliphatic carbocycles. The predicted molar refractivity (Wildman–Crippen MR) is 122 cm³/mol. The number of carbonyl (C=O) groups is 1. The monoisotopic (exact) mass is 506 g/mol. The number of amides is 2. The summed E-state index contributed by atoms with van der Waals surface area (Å²) in [6.07, 6.45) is -2.64. The number of hydrogen-bond donors (Lipinski definition) is 3. The number of fused-ring (bicyclic) bond motifs is 1. The Morgan fingerprint density at radius 2 is 1.89 bits per heavy atom. The van der Waals surface area contributed by atoms with Crippen molar-refractivity contribution in [2.45, 2.75) is 25.2 Å². The molecule has 0 fully saturated rings. The number of aromatic nitrogens is 2. The SMILES string of the molecule is CNC[C@@H](NC(=O)N1CCc2cnc(Nc3ccc(F)cc3)nc2C1)c1ccc(C(F)(F)F)c(F)c1. The van der Waals surface area contributed by atoms with Crippen LogP contribution in [0.15, 0.2) is 48.7 Å². The van der Waals surface area contributed by atoms with Crippen LogP contribution in [0.4, 0.5) is 38.4 Å². The van der Waals surface area contributed by atoms with Gasteiger partial charge < -0.3 is 20.9 Å². The van der Waals surface area contributed by atoms with Crippen molar-refractivity contribution in [1.82, 2.24) is 25.5 Å². The van der Waals surface area contributed by atoms with Crippen LogP contribution in [0.25, 0.3) is 0 Å². The molecular weight excluding hydrogens is 483 g/mol. The molecule has 12 heteroatoms. The van der Waals surface area contributed by atoms with Crippen LogP contribution in [0.1, 0.15) is 28.4 Å². The summed E-state index contributed by atoms with van der Waals surface area (Å²) in [5.41, 5.74) is 0.939. The van der Waals surface area contributed by atoms with Gasteiger partial charge in [0, 0.05) is 25.0 Å². The molecular formula is C24H23F5N6O. The van der Waals surface area contributed by atoms with E-state index >= 15 is 0 Å². The van der Waals surface area contributed by atoms with Gasteiger partial charge in [0.05, 0.1) is 23.8 Å². The third-order valence-electron chi connectivity index (χ3n) is 5.74. The smallest absolute Gasteiger partial charge is 0.330 e. The Bertz CT molecular complexity index is 1230. The van der Waals surface area contributed by atoms with Crippen LogP contribution in [0, 0.1) is 11.6 Å². The number of anilines is 2. The predicted octanol–water partition coefficient (Wildman–Crippen LogP) is 4.55. The number of likely N-dealkylation sites (N-methyl/N-ethyl adjacent to an activating group) is 1. The molecule has 3 aromatic rings. The fourth-order valence-electron chi connectivity index (χ4n) is 3.87. The van der Waals surface area contributed by atoms with Crippen LogP contribution in [-0.4, -0.2) is 41.0 Å². The zero-order valence-corrected chi connectivity index (χ0v) is 19.2. The first-order chi connectivity index (χ1) is 17.1. The number of nitrogens with zero attached hydrogens (tertiary/aromatic N) is 3. The van der Waals surface area contributed by atoms with Crippen LogP contribution >= 0.6 is 0 Å². The molecule has 3 N–H and O–H groups in total. The summed E-state index contributed by atoms with van der Waals surface area (Å²) in [6.45, 7) is 0.727. The van der Waals surface area contributed by atoms with Crippen molar-refractivity contribution in [2.75, 3.05) is 25.5 Å². The number of rotatable bonds is 6. The maximum Gasteiger partial charge on any atom is 0.419 e. The van der Waals surface area contributed by atoms with E-state index in [1.54, 1.807) is 25.4 Å². The zero-order chi connectivity index (χ0) is 25.9. The quantitative estimate of drug-likeness (QED) is 0.428. The van der Waals surface area contributed by atoms with E-state index in [2.05, 4.69) is 25.9 Å². The molecule has 2 amide bonds.